The predicted octanol–water partition coefficient (Wildman–Crippen LogP) is 1.68. The lowest BCUT2D eigenvalue weighted by molar-refractivity contribution is 0.483. The molecular formula is C12H16N2O4S. The molecule has 104 valence electrons. The van der Waals surface area contributed by atoms with Crippen molar-refractivity contribution < 1.29 is 17.4 Å². The minimum atomic E-state index is -4.02. The Morgan fingerprint density at radius 2 is 1.84 bits per heavy atom. The first-order valence-corrected chi connectivity index (χ1v) is 6.91. The second-order valence-electron chi connectivity index (χ2n) is 3.85. The molecule has 1 heterocycles. The zero-order valence-electron chi connectivity index (χ0n) is 10.7. The molecule has 1 aromatic heterocycles. The second-order valence-corrected chi connectivity index (χ2v) is 5.27. The van der Waals surface area contributed by atoms with Gasteiger partial charge in [-0.15, -0.1) is 0 Å². The van der Waals surface area contributed by atoms with E-state index in [0.717, 1.165) is 17.0 Å². The largest absolute Gasteiger partial charge is 0.447 e. The minimum absolute atomic E-state index is 0.0666. The highest BCUT2D eigenvalue weighted by Crippen LogP contribution is 2.08. The van der Waals surface area contributed by atoms with E-state index in [4.69, 9.17) is 14.7 Å². The summed E-state index contributed by atoms with van der Waals surface area (Å²) in [5.41, 5.74) is 7.10. The lowest BCUT2D eigenvalue weighted by atomic mass is 10.2. The number of rotatable bonds is 2. The third-order valence-corrected chi connectivity index (χ3v) is 3.22. The predicted molar refractivity (Wildman–Crippen MR) is 70.1 cm³/mol. The highest BCUT2D eigenvalue weighted by Gasteiger charge is 2.06. The Kier molecular flexibility index (Phi) is 5.22. The third-order valence-electron chi connectivity index (χ3n) is 2.35. The van der Waals surface area contributed by atoms with E-state index in [1.807, 2.05) is 13.8 Å². The van der Waals surface area contributed by atoms with Crippen molar-refractivity contribution in [3.8, 4) is 0 Å². The fraction of sp³-hybridized carbons (Fsp3) is 0.250. The number of hydrogen-bond acceptors (Lipinski definition) is 5. The van der Waals surface area contributed by atoms with Crippen molar-refractivity contribution in [2.45, 2.75) is 25.3 Å². The van der Waals surface area contributed by atoms with E-state index in [9.17, 15) is 8.42 Å². The average molecular weight is 284 g/mol. The number of nitrogens with zero attached hydrogens (tertiary/aromatic N) is 1. The summed E-state index contributed by atoms with van der Waals surface area (Å²) in [5, 5.41) is 0. The summed E-state index contributed by atoms with van der Waals surface area (Å²) in [5.74, 6) is 0.769. The lowest BCUT2D eigenvalue weighted by Crippen LogP contribution is -1.96. The summed E-state index contributed by atoms with van der Waals surface area (Å²) in [6.45, 7) is 4.14. The van der Waals surface area contributed by atoms with Crippen molar-refractivity contribution in [2.24, 2.45) is 5.73 Å². The maximum atomic E-state index is 10.5. The molecule has 2 aromatic rings. The molecule has 0 unspecified atom stereocenters. The molecule has 1 aromatic carbocycles. The van der Waals surface area contributed by atoms with Crippen LogP contribution in [0.25, 0.3) is 0 Å². The molecule has 19 heavy (non-hydrogen) atoms. The molecule has 0 aliphatic carbocycles. The van der Waals surface area contributed by atoms with Crippen LogP contribution in [-0.2, 0) is 16.7 Å². The van der Waals surface area contributed by atoms with Crippen LogP contribution in [0.2, 0.25) is 0 Å². The van der Waals surface area contributed by atoms with Crippen LogP contribution >= 0.6 is 0 Å². The lowest BCUT2D eigenvalue weighted by Gasteiger charge is -1.95. The van der Waals surface area contributed by atoms with Crippen LogP contribution in [0.4, 0.5) is 0 Å². The van der Waals surface area contributed by atoms with E-state index in [1.165, 1.54) is 18.5 Å². The van der Waals surface area contributed by atoms with Crippen LogP contribution in [0, 0.1) is 13.8 Å². The van der Waals surface area contributed by atoms with E-state index in [-0.39, 0.29) is 4.90 Å². The van der Waals surface area contributed by atoms with E-state index in [2.05, 4.69) is 4.98 Å². The van der Waals surface area contributed by atoms with Gasteiger partial charge in [-0.25, -0.2) is 4.98 Å². The quantitative estimate of drug-likeness (QED) is 0.813. The summed E-state index contributed by atoms with van der Waals surface area (Å²) in [4.78, 5) is 3.77. The average Bonchev–Trinajstić information content (AvgIpc) is 2.75. The Morgan fingerprint density at radius 1 is 1.26 bits per heavy atom. The summed E-state index contributed by atoms with van der Waals surface area (Å²) in [7, 11) is -4.02. The normalized spacial score (nSPS) is 10.7. The van der Waals surface area contributed by atoms with Crippen LogP contribution in [0.1, 0.15) is 17.0 Å². The smallest absolute Gasteiger partial charge is 0.294 e. The van der Waals surface area contributed by atoms with Gasteiger partial charge >= 0.3 is 0 Å². The number of aromatic nitrogens is 1. The van der Waals surface area contributed by atoms with E-state index < -0.39 is 10.1 Å². The molecule has 0 aliphatic heterocycles. The van der Waals surface area contributed by atoms with Crippen molar-refractivity contribution in [2.75, 3.05) is 0 Å². The molecule has 0 saturated heterocycles. The van der Waals surface area contributed by atoms with Crippen LogP contribution in [-0.4, -0.2) is 18.0 Å². The number of aryl methyl sites for hydroxylation is 2. The summed E-state index contributed by atoms with van der Waals surface area (Å²) < 4.78 is 34.4. The number of benzene rings is 1. The molecule has 2 rings (SSSR count). The molecule has 0 saturated carbocycles. The fourth-order valence-electron chi connectivity index (χ4n) is 1.23. The first-order chi connectivity index (χ1) is 8.84. The van der Waals surface area contributed by atoms with Gasteiger partial charge in [-0.2, -0.15) is 8.42 Å². The summed E-state index contributed by atoms with van der Waals surface area (Å²) in [6.07, 6.45) is 1.40. The molecule has 6 nitrogen and oxygen atoms in total. The number of oxazole rings is 1. The minimum Gasteiger partial charge on any atom is -0.447 e. The Hall–Kier alpha value is -1.70. The van der Waals surface area contributed by atoms with Crippen molar-refractivity contribution in [3.63, 3.8) is 0 Å². The van der Waals surface area contributed by atoms with Crippen LogP contribution in [0.5, 0.6) is 0 Å². The van der Waals surface area contributed by atoms with Gasteiger partial charge in [-0.3, -0.25) is 4.55 Å². The van der Waals surface area contributed by atoms with Gasteiger partial charge in [0.1, 0.15) is 5.76 Å². The zero-order valence-corrected chi connectivity index (χ0v) is 11.5. The van der Waals surface area contributed by atoms with Crippen LogP contribution in [0.3, 0.4) is 0 Å². The fourth-order valence-corrected chi connectivity index (χ4v) is 1.71. The maximum absolute atomic E-state index is 10.5. The molecule has 0 spiro atoms. The van der Waals surface area contributed by atoms with Crippen molar-refractivity contribution >= 4 is 10.1 Å². The maximum Gasteiger partial charge on any atom is 0.294 e. The zero-order chi connectivity index (χ0) is 14.5. The van der Waals surface area contributed by atoms with Crippen molar-refractivity contribution in [1.29, 1.82) is 0 Å². The second kappa shape index (κ2) is 6.46. The van der Waals surface area contributed by atoms with Crippen LogP contribution < -0.4 is 5.73 Å². The summed E-state index contributed by atoms with van der Waals surface area (Å²) >= 11 is 0. The highest BCUT2D eigenvalue weighted by molar-refractivity contribution is 7.85. The van der Waals surface area contributed by atoms with Gasteiger partial charge in [0.2, 0.25) is 0 Å². The first kappa shape index (κ1) is 15.4. The Labute approximate surface area is 112 Å². The molecule has 0 radical (unpaired) electrons. The first-order valence-electron chi connectivity index (χ1n) is 5.47. The Balaban J connectivity index is 0.000000200. The van der Waals surface area contributed by atoms with Crippen molar-refractivity contribution in [3.05, 3.63) is 47.7 Å². The van der Waals surface area contributed by atoms with Gasteiger partial charge in [-0.1, -0.05) is 17.7 Å². The SMILES string of the molecule is Cc1ccc(S(=O)(=O)O)cc1.Cc1ncoc1CN. The van der Waals surface area contributed by atoms with Gasteiger partial charge < -0.3 is 10.2 Å². The van der Waals surface area contributed by atoms with Gasteiger partial charge in [0.05, 0.1) is 17.1 Å². The number of hydrogen-bond donors (Lipinski definition) is 2. The molecular weight excluding hydrogens is 268 g/mol. The van der Waals surface area contributed by atoms with Gasteiger partial charge in [0.25, 0.3) is 10.1 Å². The molecule has 0 fully saturated rings. The van der Waals surface area contributed by atoms with E-state index in [0.29, 0.717) is 6.54 Å². The molecule has 3 N–H and O–H groups in total. The summed E-state index contributed by atoms with van der Waals surface area (Å²) in [6, 6.07) is 5.99. The molecule has 0 atom stereocenters. The standard InChI is InChI=1S/C7H8O3S.C5H8N2O/c1-6-2-4-7(5-3-6)11(8,9)10;1-4-5(2-6)8-3-7-4/h2-5H,1H3,(H,8,9,10);3H,2,6H2,1H3. The molecule has 0 bridgehead atoms. The van der Waals surface area contributed by atoms with Gasteiger partial charge in [0, 0.05) is 0 Å². The van der Waals surface area contributed by atoms with Crippen molar-refractivity contribution in [1.82, 2.24) is 4.98 Å². The molecule has 0 amide bonds. The topological polar surface area (TPSA) is 106 Å². The monoisotopic (exact) mass is 284 g/mol. The Morgan fingerprint density at radius 3 is 2.16 bits per heavy atom. The highest BCUT2D eigenvalue weighted by atomic mass is 32.2. The molecule has 0 aliphatic rings. The van der Waals surface area contributed by atoms with Gasteiger partial charge in [-0.05, 0) is 26.0 Å². The van der Waals surface area contributed by atoms with E-state index >= 15 is 0 Å². The Bertz CT molecular complexity index is 617. The van der Waals surface area contributed by atoms with E-state index in [1.54, 1.807) is 12.1 Å². The molecule has 7 heteroatoms. The number of nitrogens with two attached hydrogens (primary N) is 1. The van der Waals surface area contributed by atoms with Gasteiger partial charge in [0.15, 0.2) is 6.39 Å². The third kappa shape index (κ3) is 4.82. The van der Waals surface area contributed by atoms with Crippen LogP contribution in [0.15, 0.2) is 40.0 Å².